The van der Waals surface area contributed by atoms with Crippen LogP contribution >= 0.6 is 0 Å². The summed E-state index contributed by atoms with van der Waals surface area (Å²) in [6.07, 6.45) is -3.34. The van der Waals surface area contributed by atoms with Gasteiger partial charge in [-0.2, -0.15) is 13.2 Å². The van der Waals surface area contributed by atoms with E-state index in [0.29, 0.717) is 6.07 Å². The molecule has 1 heterocycles. The predicted octanol–water partition coefficient (Wildman–Crippen LogP) is 5.28. The van der Waals surface area contributed by atoms with Crippen molar-refractivity contribution in [2.45, 2.75) is 6.18 Å². The lowest BCUT2D eigenvalue weighted by molar-refractivity contribution is -0.136. The highest BCUT2D eigenvalue weighted by Crippen LogP contribution is 2.36. The number of nitrogens with one attached hydrogen (secondary N) is 1. The number of aromatic nitrogens is 1. The molecule has 0 radical (unpaired) electrons. The fourth-order valence-corrected chi connectivity index (χ4v) is 2.30. The van der Waals surface area contributed by atoms with Crippen molar-refractivity contribution in [2.24, 2.45) is 0 Å². The predicted molar refractivity (Wildman–Crippen MR) is 76.4 cm³/mol. The average Bonchev–Trinajstić information content (AvgIpc) is 2.45. The number of alkyl halides is 3. The number of hydrogen-bond acceptors (Lipinski definition) is 2. The molecule has 0 bridgehead atoms. The number of anilines is 2. The molecule has 0 atom stereocenters. The van der Waals surface area contributed by atoms with E-state index >= 15 is 0 Å². The highest BCUT2D eigenvalue weighted by Gasteiger charge is 2.33. The molecule has 3 rings (SSSR count). The summed E-state index contributed by atoms with van der Waals surface area (Å²) >= 11 is 0. The Labute approximate surface area is 127 Å². The molecule has 0 saturated carbocycles. The van der Waals surface area contributed by atoms with E-state index in [-0.39, 0.29) is 22.3 Å². The van der Waals surface area contributed by atoms with Crippen LogP contribution in [-0.4, -0.2) is 4.98 Å². The Hall–Kier alpha value is -2.70. The van der Waals surface area contributed by atoms with E-state index in [2.05, 4.69) is 10.3 Å². The lowest BCUT2D eigenvalue weighted by Gasteiger charge is -2.13. The second-order valence-corrected chi connectivity index (χ2v) is 4.84. The molecule has 0 aliphatic rings. The van der Waals surface area contributed by atoms with Gasteiger partial charge in [0.25, 0.3) is 0 Å². The Morgan fingerprint density at radius 1 is 0.913 bits per heavy atom. The summed E-state index contributed by atoms with van der Waals surface area (Å²) in [7, 11) is 0. The van der Waals surface area contributed by atoms with Crippen molar-refractivity contribution in [1.82, 2.24) is 4.98 Å². The molecule has 118 valence electrons. The first-order valence-electron chi connectivity index (χ1n) is 6.52. The van der Waals surface area contributed by atoms with Crippen LogP contribution in [0.3, 0.4) is 0 Å². The Kier molecular flexibility index (Phi) is 3.63. The zero-order valence-corrected chi connectivity index (χ0v) is 11.5. The smallest absolute Gasteiger partial charge is 0.355 e. The molecular formula is C16H9F5N2. The Morgan fingerprint density at radius 2 is 1.61 bits per heavy atom. The molecule has 23 heavy (non-hydrogen) atoms. The number of pyridine rings is 1. The van der Waals surface area contributed by atoms with E-state index < -0.39 is 23.4 Å². The van der Waals surface area contributed by atoms with Crippen LogP contribution < -0.4 is 5.32 Å². The molecule has 3 aromatic rings. The van der Waals surface area contributed by atoms with E-state index in [1.54, 1.807) is 0 Å². The second-order valence-electron chi connectivity index (χ2n) is 4.84. The van der Waals surface area contributed by atoms with Gasteiger partial charge in [-0.05, 0) is 24.3 Å². The minimum Gasteiger partial charge on any atom is -0.355 e. The quantitative estimate of drug-likeness (QED) is 0.649. The topological polar surface area (TPSA) is 24.9 Å². The summed E-state index contributed by atoms with van der Waals surface area (Å²) < 4.78 is 65.5. The van der Waals surface area contributed by atoms with Crippen molar-refractivity contribution in [3.05, 3.63) is 65.9 Å². The normalized spacial score (nSPS) is 11.7. The Bertz CT molecular complexity index is 854. The number of fused-ring (bicyclic) bond motifs is 1. The van der Waals surface area contributed by atoms with Gasteiger partial charge in [-0.15, -0.1) is 0 Å². The summed E-state index contributed by atoms with van der Waals surface area (Å²) in [4.78, 5) is 3.78. The van der Waals surface area contributed by atoms with Crippen molar-refractivity contribution in [1.29, 1.82) is 0 Å². The molecule has 0 spiro atoms. The lowest BCUT2D eigenvalue weighted by Crippen LogP contribution is -2.07. The molecule has 1 N–H and O–H groups in total. The van der Waals surface area contributed by atoms with Crippen molar-refractivity contribution in [2.75, 3.05) is 5.32 Å². The minimum absolute atomic E-state index is 0.0902. The fraction of sp³-hybridized carbons (Fsp3) is 0.0625. The zero-order valence-electron chi connectivity index (χ0n) is 11.5. The summed E-state index contributed by atoms with van der Waals surface area (Å²) in [6.45, 7) is 0. The molecule has 0 aliphatic carbocycles. The maximum absolute atomic E-state index is 13.2. The molecule has 7 heteroatoms. The zero-order chi connectivity index (χ0) is 16.6. The summed E-state index contributed by atoms with van der Waals surface area (Å²) in [5.41, 5.74) is -0.746. The molecule has 0 amide bonds. The van der Waals surface area contributed by atoms with Gasteiger partial charge in [0, 0.05) is 29.0 Å². The van der Waals surface area contributed by atoms with Gasteiger partial charge in [0.2, 0.25) is 0 Å². The van der Waals surface area contributed by atoms with Crippen LogP contribution in [0.1, 0.15) is 5.56 Å². The van der Waals surface area contributed by atoms with Crippen molar-refractivity contribution in [3.8, 4) is 0 Å². The number of rotatable bonds is 2. The highest BCUT2D eigenvalue weighted by atomic mass is 19.4. The molecule has 1 aromatic heterocycles. The van der Waals surface area contributed by atoms with Crippen LogP contribution in [0.2, 0.25) is 0 Å². The van der Waals surface area contributed by atoms with Crippen molar-refractivity contribution < 1.29 is 22.0 Å². The average molecular weight is 324 g/mol. The van der Waals surface area contributed by atoms with Gasteiger partial charge in [-0.25, -0.2) is 8.78 Å². The number of para-hydroxylation sites is 1. The molecule has 0 aliphatic heterocycles. The van der Waals surface area contributed by atoms with Crippen LogP contribution in [0.5, 0.6) is 0 Å². The van der Waals surface area contributed by atoms with Crippen LogP contribution in [0, 0.1) is 11.6 Å². The summed E-state index contributed by atoms with van der Waals surface area (Å²) in [6, 6.07) is 7.87. The molecule has 0 saturated heterocycles. The van der Waals surface area contributed by atoms with E-state index in [1.165, 1.54) is 24.4 Å². The van der Waals surface area contributed by atoms with Crippen molar-refractivity contribution in [3.63, 3.8) is 0 Å². The van der Waals surface area contributed by atoms with E-state index in [0.717, 1.165) is 18.2 Å². The molecule has 0 unspecified atom stereocenters. The van der Waals surface area contributed by atoms with E-state index in [4.69, 9.17) is 0 Å². The molecule has 2 nitrogen and oxygen atoms in total. The van der Waals surface area contributed by atoms with Gasteiger partial charge in [-0.1, -0.05) is 12.1 Å². The third-order valence-corrected chi connectivity index (χ3v) is 3.22. The second kappa shape index (κ2) is 5.49. The number of nitrogens with zero attached hydrogens (tertiary/aromatic N) is 1. The largest absolute Gasteiger partial charge is 0.418 e. The Morgan fingerprint density at radius 3 is 2.26 bits per heavy atom. The number of hydrogen-bond donors (Lipinski definition) is 1. The standard InChI is InChI=1S/C16H9F5N2/c17-9-6-10(18)8-11(7-9)23-14-4-5-22-15-12(14)2-1-3-13(15)16(19,20)21/h1-8H,(H,22,23). The molecular weight excluding hydrogens is 315 g/mol. The molecule has 0 fully saturated rings. The fourth-order valence-electron chi connectivity index (χ4n) is 2.30. The van der Waals surface area contributed by atoms with Gasteiger partial charge in [0.05, 0.1) is 11.1 Å². The van der Waals surface area contributed by atoms with Gasteiger partial charge in [0.15, 0.2) is 0 Å². The van der Waals surface area contributed by atoms with Gasteiger partial charge >= 0.3 is 6.18 Å². The third-order valence-electron chi connectivity index (χ3n) is 3.22. The monoisotopic (exact) mass is 324 g/mol. The first-order valence-corrected chi connectivity index (χ1v) is 6.52. The lowest BCUT2D eigenvalue weighted by atomic mass is 10.1. The first-order chi connectivity index (χ1) is 10.8. The summed E-state index contributed by atoms with van der Waals surface area (Å²) in [5, 5.41) is 2.92. The van der Waals surface area contributed by atoms with Crippen LogP contribution in [0.15, 0.2) is 48.7 Å². The van der Waals surface area contributed by atoms with Gasteiger partial charge in [0.1, 0.15) is 11.6 Å². The SMILES string of the molecule is Fc1cc(F)cc(Nc2ccnc3c(C(F)(F)F)cccc23)c1. The highest BCUT2D eigenvalue weighted by molar-refractivity contribution is 5.94. The third kappa shape index (κ3) is 3.08. The van der Waals surface area contributed by atoms with Crippen LogP contribution in [0.4, 0.5) is 33.3 Å². The van der Waals surface area contributed by atoms with Crippen LogP contribution in [-0.2, 0) is 6.18 Å². The van der Waals surface area contributed by atoms with Gasteiger partial charge in [-0.3, -0.25) is 4.98 Å². The summed E-state index contributed by atoms with van der Waals surface area (Å²) in [5.74, 6) is -1.58. The molecule has 2 aromatic carbocycles. The first kappa shape index (κ1) is 15.2. The number of halogens is 5. The van der Waals surface area contributed by atoms with Gasteiger partial charge < -0.3 is 5.32 Å². The van der Waals surface area contributed by atoms with E-state index in [1.807, 2.05) is 0 Å². The van der Waals surface area contributed by atoms with E-state index in [9.17, 15) is 22.0 Å². The maximum atomic E-state index is 13.2. The van der Waals surface area contributed by atoms with Crippen LogP contribution in [0.25, 0.3) is 10.9 Å². The minimum atomic E-state index is -4.55. The maximum Gasteiger partial charge on any atom is 0.418 e. The number of benzene rings is 2. The van der Waals surface area contributed by atoms with Crippen molar-refractivity contribution >= 4 is 22.3 Å². The Balaban J connectivity index is 2.12.